The van der Waals surface area contributed by atoms with Gasteiger partial charge in [0.2, 0.25) is 0 Å². The lowest BCUT2D eigenvalue weighted by Crippen LogP contribution is -2.41. The molecule has 0 aliphatic carbocycles. The fourth-order valence-electron chi connectivity index (χ4n) is 1.94. The van der Waals surface area contributed by atoms with Crippen LogP contribution in [-0.4, -0.2) is 28.5 Å². The van der Waals surface area contributed by atoms with Crippen LogP contribution in [0.1, 0.15) is 53.4 Å². The number of hydrogen-bond donors (Lipinski definition) is 1. The normalized spacial score (nSPS) is 13.5. The van der Waals surface area contributed by atoms with Crippen LogP contribution >= 0.6 is 12.2 Å². The van der Waals surface area contributed by atoms with E-state index < -0.39 is 0 Å². The van der Waals surface area contributed by atoms with E-state index >= 15 is 0 Å². The van der Waals surface area contributed by atoms with E-state index in [0.717, 1.165) is 13.0 Å². The van der Waals surface area contributed by atoms with E-state index in [9.17, 15) is 0 Å². The summed E-state index contributed by atoms with van der Waals surface area (Å²) in [6.07, 6.45) is 4.69. The molecule has 0 saturated carbocycles. The second-order valence-corrected chi connectivity index (χ2v) is 5.08. The molecule has 15 heavy (non-hydrogen) atoms. The van der Waals surface area contributed by atoms with Crippen LogP contribution in [0.25, 0.3) is 0 Å². The summed E-state index contributed by atoms with van der Waals surface area (Å²) < 4.78 is 0. The Morgan fingerprint density at radius 1 is 1.27 bits per heavy atom. The van der Waals surface area contributed by atoms with Gasteiger partial charge in [0.05, 0.1) is 4.99 Å². The van der Waals surface area contributed by atoms with E-state index in [1.165, 1.54) is 19.3 Å². The first kappa shape index (κ1) is 14.8. The van der Waals surface area contributed by atoms with E-state index in [0.29, 0.717) is 17.1 Å². The molecule has 3 heteroatoms. The zero-order valence-corrected chi connectivity index (χ0v) is 11.4. The molecule has 0 rings (SSSR count). The van der Waals surface area contributed by atoms with Crippen molar-refractivity contribution >= 4 is 17.2 Å². The van der Waals surface area contributed by atoms with Crippen LogP contribution in [0.15, 0.2) is 0 Å². The van der Waals surface area contributed by atoms with Crippen molar-refractivity contribution in [1.82, 2.24) is 4.90 Å². The highest BCUT2D eigenvalue weighted by Crippen LogP contribution is 2.11. The van der Waals surface area contributed by atoms with Gasteiger partial charge in [0.1, 0.15) is 0 Å². The van der Waals surface area contributed by atoms with Crippen molar-refractivity contribution in [3.05, 3.63) is 0 Å². The minimum atomic E-state index is 0.472. The average molecular weight is 230 g/mol. The fourth-order valence-corrected chi connectivity index (χ4v) is 2.18. The monoisotopic (exact) mass is 230 g/mol. The van der Waals surface area contributed by atoms with Crippen molar-refractivity contribution in [2.75, 3.05) is 6.54 Å². The van der Waals surface area contributed by atoms with Gasteiger partial charge in [-0.2, -0.15) is 0 Å². The summed E-state index contributed by atoms with van der Waals surface area (Å²) in [5.74, 6) is 0. The summed E-state index contributed by atoms with van der Waals surface area (Å²) in [6, 6.07) is 1.05. The highest BCUT2D eigenvalue weighted by Gasteiger charge is 2.16. The molecule has 0 bridgehead atoms. The van der Waals surface area contributed by atoms with Crippen molar-refractivity contribution in [2.45, 2.75) is 65.5 Å². The number of nitrogens with two attached hydrogens (primary N) is 1. The lowest BCUT2D eigenvalue weighted by atomic mass is 10.1. The van der Waals surface area contributed by atoms with Gasteiger partial charge in [0.25, 0.3) is 0 Å². The maximum Gasteiger partial charge on any atom is 0.0742 e. The largest absolute Gasteiger partial charge is 0.393 e. The van der Waals surface area contributed by atoms with Crippen LogP contribution < -0.4 is 5.73 Å². The van der Waals surface area contributed by atoms with Crippen LogP contribution in [0.3, 0.4) is 0 Å². The molecule has 1 unspecified atom stereocenters. The minimum Gasteiger partial charge on any atom is -0.393 e. The van der Waals surface area contributed by atoms with Gasteiger partial charge < -0.3 is 5.73 Å². The Bertz CT molecular complexity index is 180. The van der Waals surface area contributed by atoms with Crippen LogP contribution in [0.2, 0.25) is 0 Å². The maximum atomic E-state index is 5.59. The molecule has 0 aromatic rings. The van der Waals surface area contributed by atoms with Gasteiger partial charge in [0, 0.05) is 18.5 Å². The van der Waals surface area contributed by atoms with Gasteiger partial charge in [-0.15, -0.1) is 0 Å². The molecule has 90 valence electrons. The summed E-state index contributed by atoms with van der Waals surface area (Å²) in [5, 5.41) is 0. The fraction of sp³-hybridized carbons (Fsp3) is 0.917. The van der Waals surface area contributed by atoms with Crippen LogP contribution in [-0.2, 0) is 0 Å². The quantitative estimate of drug-likeness (QED) is 0.513. The van der Waals surface area contributed by atoms with Crippen molar-refractivity contribution in [3.8, 4) is 0 Å². The Labute approximate surface area is 100 Å². The van der Waals surface area contributed by atoms with Gasteiger partial charge in [-0.1, -0.05) is 32.0 Å². The lowest BCUT2D eigenvalue weighted by molar-refractivity contribution is 0.164. The smallest absolute Gasteiger partial charge is 0.0742 e. The Kier molecular flexibility index (Phi) is 7.97. The second-order valence-electron chi connectivity index (χ2n) is 4.56. The predicted molar refractivity (Wildman–Crippen MR) is 72.2 cm³/mol. The molecule has 0 aliphatic rings. The standard InChI is InChI=1S/C12H26N2S/c1-5-6-7-8-14(10(2)3)11(4)9-12(13)15/h10-11H,5-9H2,1-4H3,(H2,13,15). The molecular weight excluding hydrogens is 204 g/mol. The zero-order valence-electron chi connectivity index (χ0n) is 10.6. The topological polar surface area (TPSA) is 29.3 Å². The number of nitrogens with zero attached hydrogens (tertiary/aromatic N) is 1. The van der Waals surface area contributed by atoms with Gasteiger partial charge in [-0.3, -0.25) is 4.90 Å². The van der Waals surface area contributed by atoms with E-state index in [4.69, 9.17) is 18.0 Å². The molecule has 0 spiro atoms. The summed E-state index contributed by atoms with van der Waals surface area (Å²) in [4.78, 5) is 3.12. The van der Waals surface area contributed by atoms with Crippen LogP contribution in [0.4, 0.5) is 0 Å². The average Bonchev–Trinajstić information content (AvgIpc) is 2.10. The molecule has 0 saturated heterocycles. The van der Waals surface area contributed by atoms with Crippen LogP contribution in [0.5, 0.6) is 0 Å². The summed E-state index contributed by atoms with van der Waals surface area (Å²) in [5.41, 5.74) is 5.59. The van der Waals surface area contributed by atoms with Gasteiger partial charge in [0.15, 0.2) is 0 Å². The Hall–Kier alpha value is -0.150. The molecule has 0 heterocycles. The maximum absolute atomic E-state index is 5.59. The molecular formula is C12H26N2S. The van der Waals surface area contributed by atoms with Crippen LogP contribution in [0, 0.1) is 0 Å². The second kappa shape index (κ2) is 8.05. The molecule has 0 aliphatic heterocycles. The van der Waals surface area contributed by atoms with E-state index in [-0.39, 0.29) is 0 Å². The summed E-state index contributed by atoms with van der Waals surface area (Å²) >= 11 is 4.96. The third kappa shape index (κ3) is 6.85. The number of rotatable bonds is 8. The first-order chi connectivity index (χ1) is 6.99. The van der Waals surface area contributed by atoms with Crippen molar-refractivity contribution in [3.63, 3.8) is 0 Å². The highest BCUT2D eigenvalue weighted by molar-refractivity contribution is 7.80. The Balaban J connectivity index is 4.06. The lowest BCUT2D eigenvalue weighted by Gasteiger charge is -2.32. The summed E-state index contributed by atoms with van der Waals surface area (Å²) in [7, 11) is 0. The Morgan fingerprint density at radius 2 is 1.87 bits per heavy atom. The Morgan fingerprint density at radius 3 is 2.27 bits per heavy atom. The molecule has 0 aromatic heterocycles. The van der Waals surface area contributed by atoms with Gasteiger partial charge in [-0.25, -0.2) is 0 Å². The minimum absolute atomic E-state index is 0.472. The van der Waals surface area contributed by atoms with Crippen molar-refractivity contribution < 1.29 is 0 Å². The molecule has 0 aromatic carbocycles. The van der Waals surface area contributed by atoms with E-state index in [1.54, 1.807) is 0 Å². The SMILES string of the molecule is CCCCCN(C(C)C)C(C)CC(N)=S. The zero-order chi connectivity index (χ0) is 11.8. The number of thiocarbonyl (C=S) groups is 1. The van der Waals surface area contributed by atoms with Gasteiger partial charge >= 0.3 is 0 Å². The van der Waals surface area contributed by atoms with E-state index in [2.05, 4.69) is 32.6 Å². The molecule has 0 fully saturated rings. The third-order valence-electron chi connectivity index (χ3n) is 2.75. The third-order valence-corrected chi connectivity index (χ3v) is 2.91. The molecule has 2 N–H and O–H groups in total. The predicted octanol–water partition coefficient (Wildman–Crippen LogP) is 2.95. The van der Waals surface area contributed by atoms with Crippen molar-refractivity contribution in [2.24, 2.45) is 5.73 Å². The highest BCUT2D eigenvalue weighted by atomic mass is 32.1. The first-order valence-corrected chi connectivity index (χ1v) is 6.43. The molecule has 1 atom stereocenters. The van der Waals surface area contributed by atoms with Gasteiger partial charge in [-0.05, 0) is 33.7 Å². The van der Waals surface area contributed by atoms with E-state index in [1.807, 2.05) is 0 Å². The molecule has 0 amide bonds. The number of unbranched alkanes of at least 4 members (excludes halogenated alkanes) is 2. The first-order valence-electron chi connectivity index (χ1n) is 6.03. The number of hydrogen-bond acceptors (Lipinski definition) is 2. The summed E-state index contributed by atoms with van der Waals surface area (Å²) in [6.45, 7) is 10.1. The molecule has 0 radical (unpaired) electrons. The van der Waals surface area contributed by atoms with Crippen molar-refractivity contribution in [1.29, 1.82) is 0 Å². The molecule has 2 nitrogen and oxygen atoms in total.